The van der Waals surface area contributed by atoms with Gasteiger partial charge < -0.3 is 10.8 Å². The Morgan fingerprint density at radius 2 is 1.91 bits per heavy atom. The van der Waals surface area contributed by atoms with Crippen LogP contribution < -0.4 is 5.73 Å². The fourth-order valence-corrected chi connectivity index (χ4v) is 2.02. The van der Waals surface area contributed by atoms with E-state index in [1.807, 2.05) is 0 Å². The molecule has 0 aromatic heterocycles. The van der Waals surface area contributed by atoms with E-state index in [1.54, 1.807) is 0 Å². The van der Waals surface area contributed by atoms with E-state index < -0.39 is 11.7 Å². The first-order chi connectivity index (χ1) is 10.4. The van der Waals surface area contributed by atoms with Gasteiger partial charge in [-0.25, -0.2) is 9.24 Å². The first kappa shape index (κ1) is 15.2. The lowest BCUT2D eigenvalue weighted by atomic mass is 9.96. The maximum absolute atomic E-state index is 13.1. The highest BCUT2D eigenvalue weighted by atomic mass is 19.1. The Hall–Kier alpha value is -3.20. The minimum Gasteiger partial charge on any atom is -0.507 e. The number of halogens is 1. The van der Waals surface area contributed by atoms with Crippen molar-refractivity contribution in [3.05, 3.63) is 59.2 Å². The first-order valence-electron chi connectivity index (χ1n) is 6.28. The zero-order valence-corrected chi connectivity index (χ0v) is 11.7. The second kappa shape index (κ2) is 6.06. The summed E-state index contributed by atoms with van der Waals surface area (Å²) in [7, 11) is 0. The summed E-state index contributed by atoms with van der Waals surface area (Å²) < 4.78 is 13.1. The molecule has 110 valence electrons. The number of aromatic hydroxyl groups is 1. The zero-order valence-electron chi connectivity index (χ0n) is 11.7. The van der Waals surface area contributed by atoms with E-state index in [-0.39, 0.29) is 28.4 Å². The number of nitrogens with zero attached hydrogens (tertiary/aromatic N) is 2. The van der Waals surface area contributed by atoms with Crippen molar-refractivity contribution in [1.82, 2.24) is 0 Å². The van der Waals surface area contributed by atoms with Gasteiger partial charge in [0.15, 0.2) is 5.69 Å². The van der Waals surface area contributed by atoms with Crippen LogP contribution >= 0.6 is 0 Å². The molecule has 0 saturated heterocycles. The van der Waals surface area contributed by atoms with Gasteiger partial charge in [-0.2, -0.15) is 4.99 Å². The Morgan fingerprint density at radius 1 is 1.27 bits per heavy atom. The summed E-state index contributed by atoms with van der Waals surface area (Å²) in [5, 5.41) is 10.0. The molecule has 0 atom stereocenters. The van der Waals surface area contributed by atoms with E-state index in [0.29, 0.717) is 5.56 Å². The molecule has 0 spiro atoms. The van der Waals surface area contributed by atoms with Crippen LogP contribution in [0.2, 0.25) is 0 Å². The molecular weight excluding hydrogens is 285 g/mol. The second-order valence-electron chi connectivity index (χ2n) is 4.53. The van der Waals surface area contributed by atoms with Crippen LogP contribution in [0.15, 0.2) is 41.4 Å². The van der Waals surface area contributed by atoms with Gasteiger partial charge in [-0.05, 0) is 30.7 Å². The maximum Gasteiger partial charge on any atom is 0.281 e. The predicted octanol–water partition coefficient (Wildman–Crippen LogP) is 3.27. The molecule has 0 saturated carbocycles. The van der Waals surface area contributed by atoms with Gasteiger partial charge in [0.05, 0.1) is 12.1 Å². The van der Waals surface area contributed by atoms with E-state index >= 15 is 0 Å². The highest BCUT2D eigenvalue weighted by Crippen LogP contribution is 2.38. The molecule has 0 unspecified atom stereocenters. The van der Waals surface area contributed by atoms with E-state index in [0.717, 1.165) is 0 Å². The zero-order chi connectivity index (χ0) is 16.3. The molecular formula is C16H12FN3O2. The Labute approximate surface area is 126 Å². The average molecular weight is 297 g/mol. The van der Waals surface area contributed by atoms with Crippen LogP contribution in [0.4, 0.5) is 10.1 Å². The standard InChI is InChI=1S/C16H12FN3O2/c1-9(18)20-16(22)15-13(21)8-7-12(19-2)14(15)10-3-5-11(17)6-4-10/h3-8,21H,1H3,(H2,18,20,22). The maximum atomic E-state index is 13.1. The van der Waals surface area contributed by atoms with Gasteiger partial charge in [0.25, 0.3) is 5.91 Å². The number of hydrogen-bond donors (Lipinski definition) is 2. The van der Waals surface area contributed by atoms with Crippen LogP contribution in [0.25, 0.3) is 16.0 Å². The highest BCUT2D eigenvalue weighted by Gasteiger charge is 2.21. The molecule has 0 fully saturated rings. The lowest BCUT2D eigenvalue weighted by Crippen LogP contribution is -2.10. The van der Waals surface area contributed by atoms with Crippen LogP contribution in [0, 0.1) is 12.4 Å². The number of phenolic OH excluding ortho intramolecular Hbond substituents is 1. The van der Waals surface area contributed by atoms with Gasteiger partial charge >= 0.3 is 0 Å². The van der Waals surface area contributed by atoms with E-state index in [1.165, 1.54) is 43.3 Å². The fraction of sp³-hybridized carbons (Fsp3) is 0.0625. The third-order valence-electron chi connectivity index (χ3n) is 2.91. The van der Waals surface area contributed by atoms with Crippen molar-refractivity contribution in [3.8, 4) is 16.9 Å². The number of carbonyl (C=O) groups excluding carboxylic acids is 1. The molecule has 0 radical (unpaired) electrons. The average Bonchev–Trinajstić information content (AvgIpc) is 2.47. The van der Waals surface area contributed by atoms with Gasteiger partial charge in [0, 0.05) is 5.56 Å². The molecule has 22 heavy (non-hydrogen) atoms. The molecule has 0 aliphatic carbocycles. The predicted molar refractivity (Wildman–Crippen MR) is 81.4 cm³/mol. The van der Waals surface area contributed by atoms with Crippen molar-refractivity contribution in [2.45, 2.75) is 6.92 Å². The smallest absolute Gasteiger partial charge is 0.281 e. The summed E-state index contributed by atoms with van der Waals surface area (Å²) in [5.74, 6) is -1.50. The lowest BCUT2D eigenvalue weighted by Gasteiger charge is -2.11. The quantitative estimate of drug-likeness (QED) is 0.507. The summed E-state index contributed by atoms with van der Waals surface area (Å²) in [5.41, 5.74) is 6.04. The number of amides is 1. The Bertz CT molecular complexity index is 801. The van der Waals surface area contributed by atoms with Crippen LogP contribution in [0.3, 0.4) is 0 Å². The van der Waals surface area contributed by atoms with Gasteiger partial charge in [-0.15, -0.1) is 0 Å². The molecule has 0 aliphatic rings. The van der Waals surface area contributed by atoms with Gasteiger partial charge in [0.1, 0.15) is 17.4 Å². The summed E-state index contributed by atoms with van der Waals surface area (Å²) >= 11 is 0. The number of phenols is 1. The highest BCUT2D eigenvalue weighted by molar-refractivity contribution is 6.10. The number of carbonyl (C=O) groups is 1. The van der Waals surface area contributed by atoms with Gasteiger partial charge in [0.2, 0.25) is 0 Å². The summed E-state index contributed by atoms with van der Waals surface area (Å²) in [6.45, 7) is 8.66. The van der Waals surface area contributed by atoms with Crippen molar-refractivity contribution in [2.24, 2.45) is 10.7 Å². The van der Waals surface area contributed by atoms with Crippen LogP contribution in [0.5, 0.6) is 5.75 Å². The molecule has 6 heteroatoms. The molecule has 3 N–H and O–H groups in total. The van der Waals surface area contributed by atoms with Gasteiger partial charge in [-0.1, -0.05) is 18.2 Å². The molecule has 2 rings (SSSR count). The van der Waals surface area contributed by atoms with Crippen LogP contribution in [-0.4, -0.2) is 16.8 Å². The van der Waals surface area contributed by atoms with Crippen molar-refractivity contribution < 1.29 is 14.3 Å². The van der Waals surface area contributed by atoms with E-state index in [9.17, 15) is 14.3 Å². The van der Waals surface area contributed by atoms with Crippen molar-refractivity contribution >= 4 is 17.4 Å². The summed E-state index contributed by atoms with van der Waals surface area (Å²) in [6, 6.07) is 7.90. The number of hydrogen-bond acceptors (Lipinski definition) is 2. The molecule has 0 heterocycles. The van der Waals surface area contributed by atoms with E-state index in [2.05, 4.69) is 9.84 Å². The summed E-state index contributed by atoms with van der Waals surface area (Å²) in [6.07, 6.45) is 0. The second-order valence-corrected chi connectivity index (χ2v) is 4.53. The van der Waals surface area contributed by atoms with Crippen LogP contribution in [-0.2, 0) is 0 Å². The van der Waals surface area contributed by atoms with Gasteiger partial charge in [-0.3, -0.25) is 4.79 Å². The Balaban J connectivity index is 2.77. The van der Waals surface area contributed by atoms with Crippen molar-refractivity contribution in [2.75, 3.05) is 0 Å². The molecule has 0 aliphatic heterocycles. The number of amidine groups is 1. The Morgan fingerprint density at radius 3 is 2.45 bits per heavy atom. The monoisotopic (exact) mass is 297 g/mol. The largest absolute Gasteiger partial charge is 0.507 e. The van der Waals surface area contributed by atoms with E-state index in [4.69, 9.17) is 12.3 Å². The normalized spacial score (nSPS) is 11.0. The molecule has 0 bridgehead atoms. The minimum absolute atomic E-state index is 0.0303. The molecule has 2 aromatic carbocycles. The fourth-order valence-electron chi connectivity index (χ4n) is 2.02. The molecule has 5 nitrogen and oxygen atoms in total. The Kier molecular flexibility index (Phi) is 4.18. The topological polar surface area (TPSA) is 80.0 Å². The lowest BCUT2D eigenvalue weighted by molar-refractivity contribution is 0.100. The van der Waals surface area contributed by atoms with Crippen LogP contribution in [0.1, 0.15) is 17.3 Å². The number of nitrogens with two attached hydrogens (primary N) is 1. The number of aliphatic imine (C=N–C) groups is 1. The third kappa shape index (κ3) is 2.94. The number of benzene rings is 2. The molecule has 2 aromatic rings. The summed E-state index contributed by atoms with van der Waals surface area (Å²) in [4.78, 5) is 19.2. The van der Waals surface area contributed by atoms with Crippen molar-refractivity contribution in [1.29, 1.82) is 0 Å². The SMILES string of the molecule is [C-]#[N+]c1ccc(O)c(C(=O)N=C(C)N)c1-c1ccc(F)cc1. The minimum atomic E-state index is -0.762. The van der Waals surface area contributed by atoms with Crippen molar-refractivity contribution in [3.63, 3.8) is 0 Å². The number of rotatable bonds is 2. The molecule has 1 amide bonds. The first-order valence-corrected chi connectivity index (χ1v) is 6.28. The third-order valence-corrected chi connectivity index (χ3v) is 2.91.